The molecule has 76 valence electrons. The van der Waals surface area contributed by atoms with E-state index in [4.69, 9.17) is 4.74 Å². The Kier molecular flexibility index (Phi) is 2.09. The largest absolute Gasteiger partial charge is 0.390 e. The zero-order valence-electron chi connectivity index (χ0n) is 7.61. The van der Waals surface area contributed by atoms with Crippen LogP contribution in [0.15, 0.2) is 0 Å². The van der Waals surface area contributed by atoms with Crippen molar-refractivity contribution in [2.24, 2.45) is 11.3 Å². The molecule has 3 nitrogen and oxygen atoms in total. The summed E-state index contributed by atoms with van der Waals surface area (Å²) in [5.41, 5.74) is -0.179. The topological polar surface area (TPSA) is 49.7 Å². The first kappa shape index (κ1) is 9.37. The van der Waals surface area contributed by atoms with E-state index < -0.39 is 18.4 Å². The van der Waals surface area contributed by atoms with E-state index in [-0.39, 0.29) is 11.3 Å². The van der Waals surface area contributed by atoms with Gasteiger partial charge in [-0.2, -0.15) is 0 Å². The highest BCUT2D eigenvalue weighted by Gasteiger charge is 2.54. The summed E-state index contributed by atoms with van der Waals surface area (Å²) in [7, 11) is 0. The summed E-state index contributed by atoms with van der Waals surface area (Å²) in [6, 6.07) is 0. The Bertz CT molecular complexity index is 205. The summed E-state index contributed by atoms with van der Waals surface area (Å²) in [5, 5.41) is 18.9. The molecule has 1 spiro atoms. The molecular formula is C9H15FO3. The molecule has 0 aromatic heterocycles. The van der Waals surface area contributed by atoms with Crippen LogP contribution in [0.3, 0.4) is 0 Å². The fraction of sp³-hybridized carbons (Fsp3) is 1.00. The Morgan fingerprint density at radius 3 is 2.46 bits per heavy atom. The van der Waals surface area contributed by atoms with E-state index in [2.05, 4.69) is 0 Å². The summed E-state index contributed by atoms with van der Waals surface area (Å²) >= 11 is 0. The number of ether oxygens (including phenoxy) is 1. The van der Waals surface area contributed by atoms with Gasteiger partial charge in [-0.1, -0.05) is 6.92 Å². The van der Waals surface area contributed by atoms with Gasteiger partial charge in [0.1, 0.15) is 0 Å². The highest BCUT2D eigenvalue weighted by molar-refractivity contribution is 5.02. The third-order valence-electron chi connectivity index (χ3n) is 3.57. The lowest BCUT2D eigenvalue weighted by molar-refractivity contribution is -0.222. The third kappa shape index (κ3) is 1.20. The minimum absolute atomic E-state index is 0.125. The van der Waals surface area contributed by atoms with Gasteiger partial charge in [-0.25, -0.2) is 4.39 Å². The monoisotopic (exact) mass is 190 g/mol. The number of halogens is 1. The Morgan fingerprint density at radius 2 is 2.00 bits per heavy atom. The van der Waals surface area contributed by atoms with E-state index in [9.17, 15) is 14.6 Å². The van der Waals surface area contributed by atoms with Crippen LogP contribution < -0.4 is 0 Å². The molecule has 1 aliphatic heterocycles. The van der Waals surface area contributed by atoms with Crippen molar-refractivity contribution in [1.82, 2.24) is 0 Å². The molecule has 0 radical (unpaired) electrons. The fourth-order valence-corrected chi connectivity index (χ4v) is 2.33. The first-order valence-electron chi connectivity index (χ1n) is 4.65. The van der Waals surface area contributed by atoms with E-state index in [1.165, 1.54) is 0 Å². The van der Waals surface area contributed by atoms with Crippen molar-refractivity contribution in [3.05, 3.63) is 0 Å². The number of alkyl halides is 1. The number of hydrogen-bond acceptors (Lipinski definition) is 3. The van der Waals surface area contributed by atoms with E-state index in [1.54, 1.807) is 0 Å². The average Bonchev–Trinajstić information content (AvgIpc) is 2.05. The molecule has 0 aromatic rings. The van der Waals surface area contributed by atoms with Crippen molar-refractivity contribution >= 4 is 0 Å². The van der Waals surface area contributed by atoms with Crippen molar-refractivity contribution in [3.63, 3.8) is 0 Å². The molecule has 1 aliphatic carbocycles. The molecule has 1 saturated carbocycles. The smallest absolute Gasteiger partial charge is 0.152 e. The molecule has 1 unspecified atom stereocenters. The SMILES string of the molecule is C[C@H]1C(O)[C@H](F)[C@@H](O)CC12COC2. The lowest BCUT2D eigenvalue weighted by Crippen LogP contribution is -2.60. The van der Waals surface area contributed by atoms with Crippen molar-refractivity contribution < 1.29 is 19.3 Å². The third-order valence-corrected chi connectivity index (χ3v) is 3.57. The predicted octanol–water partition coefficient (Wildman–Crippen LogP) is 0.103. The normalized spacial score (nSPS) is 48.9. The van der Waals surface area contributed by atoms with Crippen LogP contribution in [0.4, 0.5) is 4.39 Å². The van der Waals surface area contributed by atoms with Crippen molar-refractivity contribution in [2.75, 3.05) is 13.2 Å². The van der Waals surface area contributed by atoms with Gasteiger partial charge in [0.05, 0.1) is 25.4 Å². The number of rotatable bonds is 0. The lowest BCUT2D eigenvalue weighted by Gasteiger charge is -2.52. The maximum atomic E-state index is 13.2. The minimum atomic E-state index is -1.50. The van der Waals surface area contributed by atoms with Crippen LogP contribution in [-0.4, -0.2) is 41.8 Å². The van der Waals surface area contributed by atoms with Crippen LogP contribution in [0, 0.1) is 11.3 Å². The maximum Gasteiger partial charge on any atom is 0.152 e. The molecule has 0 amide bonds. The summed E-state index contributed by atoms with van der Waals surface area (Å²) in [6.07, 6.45) is -3.17. The summed E-state index contributed by atoms with van der Waals surface area (Å²) < 4.78 is 18.3. The highest BCUT2D eigenvalue weighted by atomic mass is 19.1. The lowest BCUT2D eigenvalue weighted by atomic mass is 9.63. The summed E-state index contributed by atoms with van der Waals surface area (Å²) in [5.74, 6) is -0.125. The Balaban J connectivity index is 2.15. The van der Waals surface area contributed by atoms with E-state index in [1.807, 2.05) is 6.92 Å². The zero-order valence-corrected chi connectivity index (χ0v) is 7.61. The second-order valence-electron chi connectivity index (χ2n) is 4.35. The molecule has 0 aromatic carbocycles. The Labute approximate surface area is 76.5 Å². The second kappa shape index (κ2) is 2.90. The van der Waals surface area contributed by atoms with Crippen molar-refractivity contribution in [2.45, 2.75) is 31.7 Å². The van der Waals surface area contributed by atoms with Gasteiger partial charge in [0, 0.05) is 5.41 Å². The molecule has 0 bridgehead atoms. The molecule has 1 saturated heterocycles. The summed E-state index contributed by atoms with van der Waals surface area (Å²) in [4.78, 5) is 0. The average molecular weight is 190 g/mol. The van der Waals surface area contributed by atoms with Gasteiger partial charge in [0.15, 0.2) is 6.17 Å². The maximum absolute atomic E-state index is 13.2. The van der Waals surface area contributed by atoms with E-state index in [0.717, 1.165) is 0 Å². The minimum Gasteiger partial charge on any atom is -0.390 e. The van der Waals surface area contributed by atoms with Crippen LogP contribution in [0.25, 0.3) is 0 Å². The highest BCUT2D eigenvalue weighted by Crippen LogP contribution is 2.47. The summed E-state index contributed by atoms with van der Waals surface area (Å²) in [6.45, 7) is 2.90. The molecule has 2 rings (SSSR count). The van der Waals surface area contributed by atoms with Gasteiger partial charge in [-0.15, -0.1) is 0 Å². The standard InChI is InChI=1S/C9H15FO3/c1-5-8(12)7(10)6(11)2-9(5)3-13-4-9/h5-8,11-12H,2-4H2,1H3/t5-,6-,7+,8?/m0/s1. The van der Waals surface area contributed by atoms with Gasteiger partial charge >= 0.3 is 0 Å². The fourth-order valence-electron chi connectivity index (χ4n) is 2.33. The van der Waals surface area contributed by atoms with Gasteiger partial charge in [-0.3, -0.25) is 0 Å². The predicted molar refractivity (Wildman–Crippen MR) is 43.9 cm³/mol. The van der Waals surface area contributed by atoms with Gasteiger partial charge in [0.2, 0.25) is 0 Å². The first-order chi connectivity index (χ1) is 6.07. The molecular weight excluding hydrogens is 175 g/mol. The number of hydrogen-bond donors (Lipinski definition) is 2. The molecule has 4 atom stereocenters. The van der Waals surface area contributed by atoms with Crippen molar-refractivity contribution in [1.29, 1.82) is 0 Å². The zero-order chi connectivity index (χ0) is 9.64. The molecule has 1 heterocycles. The molecule has 2 N–H and O–H groups in total. The van der Waals surface area contributed by atoms with Crippen LogP contribution in [0.1, 0.15) is 13.3 Å². The van der Waals surface area contributed by atoms with E-state index >= 15 is 0 Å². The van der Waals surface area contributed by atoms with Gasteiger partial charge < -0.3 is 14.9 Å². The second-order valence-corrected chi connectivity index (χ2v) is 4.35. The molecule has 4 heteroatoms. The van der Waals surface area contributed by atoms with Gasteiger partial charge in [0.25, 0.3) is 0 Å². The molecule has 2 aliphatic rings. The molecule has 13 heavy (non-hydrogen) atoms. The number of aliphatic hydroxyl groups excluding tert-OH is 2. The first-order valence-corrected chi connectivity index (χ1v) is 4.65. The van der Waals surface area contributed by atoms with Crippen LogP contribution in [0.2, 0.25) is 0 Å². The number of aliphatic hydroxyl groups is 2. The van der Waals surface area contributed by atoms with Crippen LogP contribution in [-0.2, 0) is 4.74 Å². The van der Waals surface area contributed by atoms with E-state index in [0.29, 0.717) is 19.6 Å². The van der Waals surface area contributed by atoms with Gasteiger partial charge in [-0.05, 0) is 12.3 Å². The Hall–Kier alpha value is -0.190. The molecule has 2 fully saturated rings. The van der Waals surface area contributed by atoms with Crippen LogP contribution in [0.5, 0.6) is 0 Å². The quantitative estimate of drug-likeness (QED) is 0.569. The van der Waals surface area contributed by atoms with Crippen LogP contribution >= 0.6 is 0 Å². The Morgan fingerprint density at radius 1 is 1.38 bits per heavy atom. The van der Waals surface area contributed by atoms with Crippen molar-refractivity contribution in [3.8, 4) is 0 Å².